The number of carbonyl (C=O) groups excluding carboxylic acids is 1. The average Bonchev–Trinajstić information content (AvgIpc) is 2.00. The van der Waals surface area contributed by atoms with E-state index in [1.54, 1.807) is 6.92 Å². The summed E-state index contributed by atoms with van der Waals surface area (Å²) in [7, 11) is 0. The van der Waals surface area contributed by atoms with Gasteiger partial charge in [-0.2, -0.15) is 0 Å². The summed E-state index contributed by atoms with van der Waals surface area (Å²) in [6.07, 6.45) is 0. The molecule has 4 heteroatoms. The maximum atomic E-state index is 11.1. The number of ether oxygens (including phenoxy) is 1. The van der Waals surface area contributed by atoms with Crippen molar-refractivity contribution in [2.45, 2.75) is 32.9 Å². The lowest BCUT2D eigenvalue weighted by Gasteiger charge is -2.16. The smallest absolute Gasteiger partial charge is 0.325 e. The number of esters is 1. The normalized spacial score (nSPS) is 13.1. The SMILES string of the molecule is CCOC(=O)[C@H](CO)NC(C)C. The number of carbonyl (C=O) groups is 1. The minimum atomic E-state index is -0.593. The van der Waals surface area contributed by atoms with Crippen LogP contribution in [0, 0.1) is 0 Å². The number of aliphatic hydroxyl groups excluding tert-OH is 1. The lowest BCUT2D eigenvalue weighted by Crippen LogP contribution is -2.44. The Morgan fingerprint density at radius 2 is 2.17 bits per heavy atom. The van der Waals surface area contributed by atoms with Gasteiger partial charge in [-0.3, -0.25) is 4.79 Å². The van der Waals surface area contributed by atoms with Gasteiger partial charge in [-0.1, -0.05) is 13.8 Å². The Kier molecular flexibility index (Phi) is 5.66. The third-order valence-corrected chi connectivity index (χ3v) is 1.29. The van der Waals surface area contributed by atoms with E-state index in [-0.39, 0.29) is 12.6 Å². The lowest BCUT2D eigenvalue weighted by molar-refractivity contribution is -0.146. The van der Waals surface area contributed by atoms with Crippen LogP contribution in [0.2, 0.25) is 0 Å². The molecule has 0 spiro atoms. The lowest BCUT2D eigenvalue weighted by atomic mass is 10.2. The molecule has 1 atom stereocenters. The molecule has 72 valence electrons. The fourth-order valence-corrected chi connectivity index (χ4v) is 0.841. The molecule has 0 radical (unpaired) electrons. The van der Waals surface area contributed by atoms with Gasteiger partial charge in [0.25, 0.3) is 0 Å². The van der Waals surface area contributed by atoms with Crippen molar-refractivity contribution in [2.75, 3.05) is 13.2 Å². The Morgan fingerprint density at radius 1 is 1.58 bits per heavy atom. The molecule has 0 aromatic rings. The summed E-state index contributed by atoms with van der Waals surface area (Å²) in [4.78, 5) is 11.1. The first kappa shape index (κ1) is 11.4. The van der Waals surface area contributed by atoms with Gasteiger partial charge in [-0.15, -0.1) is 0 Å². The van der Waals surface area contributed by atoms with Crippen LogP contribution in [0.5, 0.6) is 0 Å². The molecule has 0 unspecified atom stereocenters. The first-order valence-corrected chi connectivity index (χ1v) is 4.15. The average molecular weight is 175 g/mol. The molecule has 2 N–H and O–H groups in total. The van der Waals surface area contributed by atoms with E-state index in [2.05, 4.69) is 5.32 Å². The van der Waals surface area contributed by atoms with Gasteiger partial charge in [0.05, 0.1) is 13.2 Å². The van der Waals surface area contributed by atoms with E-state index in [4.69, 9.17) is 9.84 Å². The Hall–Kier alpha value is -0.610. The largest absolute Gasteiger partial charge is 0.465 e. The molecule has 0 saturated carbocycles. The van der Waals surface area contributed by atoms with E-state index >= 15 is 0 Å². The minimum Gasteiger partial charge on any atom is -0.465 e. The predicted molar refractivity (Wildman–Crippen MR) is 45.8 cm³/mol. The monoisotopic (exact) mass is 175 g/mol. The molecular weight excluding hydrogens is 158 g/mol. The summed E-state index contributed by atoms with van der Waals surface area (Å²) in [5.74, 6) is -0.395. The summed E-state index contributed by atoms with van der Waals surface area (Å²) in [5.41, 5.74) is 0. The summed E-state index contributed by atoms with van der Waals surface area (Å²) >= 11 is 0. The van der Waals surface area contributed by atoms with E-state index in [0.717, 1.165) is 0 Å². The third kappa shape index (κ3) is 4.31. The van der Waals surface area contributed by atoms with Gasteiger partial charge in [0.2, 0.25) is 0 Å². The minimum absolute atomic E-state index is 0.159. The maximum Gasteiger partial charge on any atom is 0.325 e. The van der Waals surface area contributed by atoms with Crippen molar-refractivity contribution in [2.24, 2.45) is 0 Å². The van der Waals surface area contributed by atoms with Crippen LogP contribution < -0.4 is 5.32 Å². The van der Waals surface area contributed by atoms with E-state index < -0.39 is 12.0 Å². The first-order chi connectivity index (χ1) is 5.61. The third-order valence-electron chi connectivity index (χ3n) is 1.29. The summed E-state index contributed by atoms with van der Waals surface area (Å²) in [5, 5.41) is 11.7. The molecule has 0 amide bonds. The van der Waals surface area contributed by atoms with Crippen LogP contribution in [0.25, 0.3) is 0 Å². The van der Waals surface area contributed by atoms with Crippen LogP contribution in [-0.2, 0) is 9.53 Å². The molecule has 0 aromatic carbocycles. The second kappa shape index (κ2) is 5.97. The number of nitrogens with one attached hydrogen (secondary N) is 1. The molecule has 0 saturated heterocycles. The van der Waals surface area contributed by atoms with Crippen molar-refractivity contribution in [1.82, 2.24) is 5.32 Å². The molecule has 12 heavy (non-hydrogen) atoms. The number of rotatable bonds is 5. The van der Waals surface area contributed by atoms with Crippen molar-refractivity contribution < 1.29 is 14.6 Å². The Morgan fingerprint density at radius 3 is 2.50 bits per heavy atom. The zero-order chi connectivity index (χ0) is 9.56. The fourth-order valence-electron chi connectivity index (χ4n) is 0.841. The highest BCUT2D eigenvalue weighted by atomic mass is 16.5. The topological polar surface area (TPSA) is 58.6 Å². The highest BCUT2D eigenvalue weighted by Gasteiger charge is 2.18. The van der Waals surface area contributed by atoms with Gasteiger partial charge in [0.15, 0.2) is 0 Å². The van der Waals surface area contributed by atoms with Crippen molar-refractivity contribution >= 4 is 5.97 Å². The summed E-state index contributed by atoms with van der Waals surface area (Å²) < 4.78 is 4.73. The van der Waals surface area contributed by atoms with Crippen LogP contribution in [0.3, 0.4) is 0 Å². The zero-order valence-corrected chi connectivity index (χ0v) is 7.83. The highest BCUT2D eigenvalue weighted by molar-refractivity contribution is 5.75. The molecule has 0 fully saturated rings. The van der Waals surface area contributed by atoms with E-state index in [1.165, 1.54) is 0 Å². The van der Waals surface area contributed by atoms with Gasteiger partial charge < -0.3 is 15.2 Å². The molecule has 4 nitrogen and oxygen atoms in total. The van der Waals surface area contributed by atoms with Crippen LogP contribution in [-0.4, -0.2) is 36.4 Å². The Balaban J connectivity index is 3.87. The Labute approximate surface area is 72.9 Å². The van der Waals surface area contributed by atoms with Crippen LogP contribution in [0.1, 0.15) is 20.8 Å². The molecule has 0 aliphatic carbocycles. The van der Waals surface area contributed by atoms with Crippen LogP contribution in [0.15, 0.2) is 0 Å². The summed E-state index contributed by atoms with van der Waals surface area (Å²) in [6, 6.07) is -0.434. The van der Waals surface area contributed by atoms with Gasteiger partial charge in [-0.25, -0.2) is 0 Å². The fraction of sp³-hybridized carbons (Fsp3) is 0.875. The Bertz CT molecular complexity index is 136. The van der Waals surface area contributed by atoms with Gasteiger partial charge in [0.1, 0.15) is 6.04 Å². The van der Waals surface area contributed by atoms with Crippen LogP contribution in [0.4, 0.5) is 0 Å². The van der Waals surface area contributed by atoms with Gasteiger partial charge in [0, 0.05) is 6.04 Å². The van der Waals surface area contributed by atoms with Crippen LogP contribution >= 0.6 is 0 Å². The molecule has 0 aliphatic rings. The van der Waals surface area contributed by atoms with Crippen molar-refractivity contribution in [3.05, 3.63) is 0 Å². The second-order valence-corrected chi connectivity index (χ2v) is 2.81. The predicted octanol–water partition coefficient (Wildman–Crippen LogP) is -0.0916. The summed E-state index contributed by atoms with van der Waals surface area (Å²) in [6.45, 7) is 5.66. The molecule has 0 aliphatic heterocycles. The molecule has 0 aromatic heterocycles. The maximum absolute atomic E-state index is 11.1. The van der Waals surface area contributed by atoms with Crippen molar-refractivity contribution in [3.8, 4) is 0 Å². The van der Waals surface area contributed by atoms with E-state index in [1.807, 2.05) is 13.8 Å². The molecule has 0 bridgehead atoms. The highest BCUT2D eigenvalue weighted by Crippen LogP contribution is 1.90. The second-order valence-electron chi connectivity index (χ2n) is 2.81. The van der Waals surface area contributed by atoms with E-state index in [9.17, 15) is 4.79 Å². The van der Waals surface area contributed by atoms with Crippen molar-refractivity contribution in [3.63, 3.8) is 0 Å². The standard InChI is InChI=1S/C8H17NO3/c1-4-12-8(11)7(5-10)9-6(2)3/h6-7,9-10H,4-5H2,1-3H3/t7-/m0/s1. The molecular formula is C8H17NO3. The number of hydrogen-bond donors (Lipinski definition) is 2. The number of hydrogen-bond acceptors (Lipinski definition) is 4. The molecule has 0 rings (SSSR count). The van der Waals surface area contributed by atoms with Gasteiger partial charge >= 0.3 is 5.97 Å². The molecule has 0 heterocycles. The van der Waals surface area contributed by atoms with Crippen molar-refractivity contribution in [1.29, 1.82) is 0 Å². The van der Waals surface area contributed by atoms with E-state index in [0.29, 0.717) is 6.61 Å². The zero-order valence-electron chi connectivity index (χ0n) is 7.83. The first-order valence-electron chi connectivity index (χ1n) is 4.15. The quantitative estimate of drug-likeness (QED) is 0.573. The number of aliphatic hydroxyl groups is 1. The van der Waals surface area contributed by atoms with Gasteiger partial charge in [-0.05, 0) is 6.92 Å².